The van der Waals surface area contributed by atoms with Gasteiger partial charge in [-0.25, -0.2) is 0 Å². The Hall–Kier alpha value is -0.570. The Morgan fingerprint density at radius 2 is 2.00 bits per heavy atom. The number of aliphatic hydroxyl groups excluding tert-OH is 1. The van der Waals surface area contributed by atoms with Crippen LogP contribution in [0, 0.1) is 0 Å². The van der Waals surface area contributed by atoms with Gasteiger partial charge in [0.25, 0.3) is 0 Å². The van der Waals surface area contributed by atoms with Gasteiger partial charge in [-0.3, -0.25) is 0 Å². The van der Waals surface area contributed by atoms with Gasteiger partial charge in [-0.15, -0.1) is 0 Å². The normalized spacial score (nSPS) is 32.1. The van der Waals surface area contributed by atoms with E-state index in [0.717, 1.165) is 23.4 Å². The Morgan fingerprint density at radius 3 is 2.50 bits per heavy atom. The smallest absolute Gasteiger partial charge is 0.0561 e. The lowest BCUT2D eigenvalue weighted by Gasteiger charge is -2.24. The Bertz CT molecular complexity index is 325. The summed E-state index contributed by atoms with van der Waals surface area (Å²) in [5.74, 6) is 0. The number of benzene rings is 1. The fourth-order valence-electron chi connectivity index (χ4n) is 2.09. The average molecular weight is 212 g/mol. The molecular weight excluding hydrogens is 198 g/mol. The Morgan fingerprint density at radius 1 is 1.36 bits per heavy atom. The van der Waals surface area contributed by atoms with E-state index in [-0.39, 0.29) is 11.6 Å². The highest BCUT2D eigenvalue weighted by Gasteiger charge is 2.36. The summed E-state index contributed by atoms with van der Waals surface area (Å²) < 4.78 is 0. The molecule has 3 N–H and O–H groups in total. The third-order valence-electron chi connectivity index (χ3n) is 2.94. The van der Waals surface area contributed by atoms with Crippen LogP contribution < -0.4 is 5.73 Å². The number of hydrogen-bond acceptors (Lipinski definition) is 2. The summed E-state index contributed by atoms with van der Waals surface area (Å²) in [7, 11) is 0. The summed E-state index contributed by atoms with van der Waals surface area (Å²) in [5.41, 5.74) is 6.93. The summed E-state index contributed by atoms with van der Waals surface area (Å²) in [6.07, 6.45) is 2.03. The SMILES string of the molecule is NC1(c2ccc(Cl)cc2)CCC(O)C1. The van der Waals surface area contributed by atoms with Gasteiger partial charge in [-0.05, 0) is 37.0 Å². The monoisotopic (exact) mass is 211 g/mol. The van der Waals surface area contributed by atoms with E-state index >= 15 is 0 Å². The second-order valence-corrected chi connectivity index (χ2v) is 4.50. The van der Waals surface area contributed by atoms with Gasteiger partial charge in [-0.2, -0.15) is 0 Å². The lowest BCUT2D eigenvalue weighted by Crippen LogP contribution is -2.34. The second-order valence-electron chi connectivity index (χ2n) is 4.06. The molecule has 0 bridgehead atoms. The van der Waals surface area contributed by atoms with Crippen molar-refractivity contribution in [2.24, 2.45) is 5.73 Å². The molecule has 0 radical (unpaired) electrons. The average Bonchev–Trinajstić information content (AvgIpc) is 2.48. The lowest BCUT2D eigenvalue weighted by molar-refractivity contribution is 0.174. The van der Waals surface area contributed by atoms with Crippen LogP contribution in [-0.2, 0) is 5.54 Å². The van der Waals surface area contributed by atoms with E-state index in [4.69, 9.17) is 17.3 Å². The van der Waals surface area contributed by atoms with Crippen molar-refractivity contribution < 1.29 is 5.11 Å². The topological polar surface area (TPSA) is 46.2 Å². The number of halogens is 1. The molecular formula is C11H14ClNO. The maximum absolute atomic E-state index is 9.47. The van der Waals surface area contributed by atoms with Crippen LogP contribution >= 0.6 is 11.6 Å². The zero-order chi connectivity index (χ0) is 10.2. The van der Waals surface area contributed by atoms with Crippen molar-refractivity contribution in [2.45, 2.75) is 30.9 Å². The molecule has 0 saturated heterocycles. The molecule has 1 aliphatic carbocycles. The van der Waals surface area contributed by atoms with E-state index in [1.165, 1.54) is 0 Å². The fraction of sp³-hybridized carbons (Fsp3) is 0.455. The summed E-state index contributed by atoms with van der Waals surface area (Å²) in [4.78, 5) is 0. The molecule has 1 aromatic rings. The number of hydrogen-bond donors (Lipinski definition) is 2. The van der Waals surface area contributed by atoms with Gasteiger partial charge in [0.05, 0.1) is 6.10 Å². The first-order valence-corrected chi connectivity index (χ1v) is 5.21. The third-order valence-corrected chi connectivity index (χ3v) is 3.19. The van der Waals surface area contributed by atoms with Gasteiger partial charge in [0.1, 0.15) is 0 Å². The first kappa shape index (κ1) is 9.97. The van der Waals surface area contributed by atoms with E-state index in [1.54, 1.807) is 0 Å². The highest BCUT2D eigenvalue weighted by atomic mass is 35.5. The first-order chi connectivity index (χ1) is 6.60. The van der Waals surface area contributed by atoms with Crippen molar-refractivity contribution in [2.75, 3.05) is 0 Å². The van der Waals surface area contributed by atoms with E-state index in [0.29, 0.717) is 6.42 Å². The molecule has 2 nitrogen and oxygen atoms in total. The molecule has 1 aliphatic rings. The fourth-order valence-corrected chi connectivity index (χ4v) is 2.22. The molecule has 2 unspecified atom stereocenters. The second kappa shape index (κ2) is 3.54. The van der Waals surface area contributed by atoms with Crippen molar-refractivity contribution in [3.8, 4) is 0 Å². The van der Waals surface area contributed by atoms with E-state index in [1.807, 2.05) is 24.3 Å². The van der Waals surface area contributed by atoms with Crippen molar-refractivity contribution in [3.05, 3.63) is 34.9 Å². The molecule has 1 saturated carbocycles. The molecule has 14 heavy (non-hydrogen) atoms. The predicted octanol–water partition coefficient (Wildman–Crippen LogP) is 2.04. The highest BCUT2D eigenvalue weighted by molar-refractivity contribution is 6.30. The van der Waals surface area contributed by atoms with Crippen molar-refractivity contribution >= 4 is 11.6 Å². The summed E-state index contributed by atoms with van der Waals surface area (Å²) in [6, 6.07) is 7.58. The van der Waals surface area contributed by atoms with Crippen LogP contribution in [0.15, 0.2) is 24.3 Å². The van der Waals surface area contributed by atoms with Crippen LogP contribution in [0.5, 0.6) is 0 Å². The molecule has 0 spiro atoms. The predicted molar refractivity (Wildman–Crippen MR) is 57.2 cm³/mol. The summed E-state index contributed by atoms with van der Waals surface area (Å²) >= 11 is 5.80. The molecule has 2 atom stereocenters. The van der Waals surface area contributed by atoms with Crippen LogP contribution in [0.2, 0.25) is 5.02 Å². The molecule has 0 aliphatic heterocycles. The van der Waals surface area contributed by atoms with Gasteiger partial charge in [0.15, 0.2) is 0 Å². The van der Waals surface area contributed by atoms with Gasteiger partial charge in [-0.1, -0.05) is 23.7 Å². The van der Waals surface area contributed by atoms with Gasteiger partial charge >= 0.3 is 0 Å². The quantitative estimate of drug-likeness (QED) is 0.747. The van der Waals surface area contributed by atoms with Crippen LogP contribution in [0.3, 0.4) is 0 Å². The molecule has 0 amide bonds. The van der Waals surface area contributed by atoms with Crippen molar-refractivity contribution in [1.29, 1.82) is 0 Å². The standard InChI is InChI=1S/C11H14ClNO/c12-9-3-1-8(2-4-9)11(13)6-5-10(14)7-11/h1-4,10,14H,5-7,13H2. The zero-order valence-corrected chi connectivity index (χ0v) is 8.67. The Balaban J connectivity index is 2.26. The molecule has 0 aromatic heterocycles. The molecule has 3 heteroatoms. The van der Waals surface area contributed by atoms with E-state index in [9.17, 15) is 5.11 Å². The van der Waals surface area contributed by atoms with E-state index in [2.05, 4.69) is 0 Å². The maximum atomic E-state index is 9.47. The van der Waals surface area contributed by atoms with Crippen LogP contribution in [0.1, 0.15) is 24.8 Å². The first-order valence-electron chi connectivity index (χ1n) is 4.83. The van der Waals surface area contributed by atoms with Gasteiger partial charge in [0.2, 0.25) is 0 Å². The lowest BCUT2D eigenvalue weighted by atomic mass is 9.89. The third kappa shape index (κ3) is 1.78. The Kier molecular flexibility index (Phi) is 2.52. The highest BCUT2D eigenvalue weighted by Crippen LogP contribution is 2.36. The van der Waals surface area contributed by atoms with E-state index < -0.39 is 0 Å². The van der Waals surface area contributed by atoms with Crippen LogP contribution in [0.25, 0.3) is 0 Å². The summed E-state index contributed by atoms with van der Waals surface area (Å²) in [6.45, 7) is 0. The molecule has 2 rings (SSSR count). The van der Waals surface area contributed by atoms with Gasteiger partial charge in [0, 0.05) is 10.6 Å². The minimum atomic E-state index is -0.357. The zero-order valence-electron chi connectivity index (χ0n) is 7.91. The summed E-state index contributed by atoms with van der Waals surface area (Å²) in [5, 5.41) is 10.2. The Labute approximate surface area is 88.7 Å². The van der Waals surface area contributed by atoms with Crippen molar-refractivity contribution in [3.63, 3.8) is 0 Å². The molecule has 1 aromatic carbocycles. The van der Waals surface area contributed by atoms with Gasteiger partial charge < -0.3 is 10.8 Å². The number of aliphatic hydroxyl groups is 1. The maximum Gasteiger partial charge on any atom is 0.0561 e. The van der Waals surface area contributed by atoms with Crippen molar-refractivity contribution in [1.82, 2.24) is 0 Å². The minimum Gasteiger partial charge on any atom is -0.393 e. The van der Waals surface area contributed by atoms with Crippen LogP contribution in [0.4, 0.5) is 0 Å². The largest absolute Gasteiger partial charge is 0.393 e. The van der Waals surface area contributed by atoms with Crippen LogP contribution in [-0.4, -0.2) is 11.2 Å². The number of nitrogens with two attached hydrogens (primary N) is 1. The molecule has 1 fully saturated rings. The number of rotatable bonds is 1. The minimum absolute atomic E-state index is 0.254. The molecule has 0 heterocycles. The molecule has 76 valence electrons.